The van der Waals surface area contributed by atoms with Crippen LogP contribution in [0.25, 0.3) is 0 Å². The first kappa shape index (κ1) is 23.7. The lowest BCUT2D eigenvalue weighted by Crippen LogP contribution is -2.21. The Kier molecular flexibility index (Phi) is 7.71. The molecule has 0 spiro atoms. The average Bonchev–Trinajstić information content (AvgIpc) is 3.47. The topological polar surface area (TPSA) is 54.2 Å². The normalized spacial score (nSPS) is 20.6. The summed E-state index contributed by atoms with van der Waals surface area (Å²) in [6.07, 6.45) is 7.07. The molecule has 5 heteroatoms. The molecule has 0 radical (unpaired) electrons. The number of aryl methyl sites for hydroxylation is 3. The maximum absolute atomic E-state index is 13.7. The first-order valence-electron chi connectivity index (χ1n) is 11.5. The van der Waals surface area contributed by atoms with Crippen LogP contribution in [0.1, 0.15) is 80.2 Å². The summed E-state index contributed by atoms with van der Waals surface area (Å²) in [4.78, 5) is 13.4. The Bertz CT molecular complexity index is 991. The molecule has 1 aliphatic rings. The van der Waals surface area contributed by atoms with Gasteiger partial charge in [0, 0.05) is 6.42 Å². The standard InChI is InChI=1S/C26H35NO3S/c1-5-6-7-8-9-13-16-23(28)25-24(22-14-11-10-12-15-22)27(25)31(29,30)26-20(3)17-19(2)18-21(26)4/h10-12,14-15,17-18,24-25H,5-9,13,16H2,1-4H3/t24-,25+,27?/m0/s1. The molecule has 1 fully saturated rings. The molecule has 0 saturated carbocycles. The van der Waals surface area contributed by atoms with Gasteiger partial charge < -0.3 is 0 Å². The van der Waals surface area contributed by atoms with Crippen molar-refractivity contribution in [2.24, 2.45) is 0 Å². The highest BCUT2D eigenvalue weighted by atomic mass is 32.2. The van der Waals surface area contributed by atoms with E-state index in [0.717, 1.165) is 41.5 Å². The molecule has 31 heavy (non-hydrogen) atoms. The first-order chi connectivity index (χ1) is 14.8. The summed E-state index contributed by atoms with van der Waals surface area (Å²) >= 11 is 0. The van der Waals surface area contributed by atoms with Crippen LogP contribution in [0, 0.1) is 20.8 Å². The quantitative estimate of drug-likeness (QED) is 0.315. The molecule has 1 saturated heterocycles. The van der Waals surface area contributed by atoms with E-state index < -0.39 is 22.1 Å². The summed E-state index contributed by atoms with van der Waals surface area (Å²) in [5.41, 5.74) is 3.39. The van der Waals surface area contributed by atoms with Crippen LogP contribution in [0.5, 0.6) is 0 Å². The first-order valence-corrected chi connectivity index (χ1v) is 12.9. The minimum atomic E-state index is -3.77. The molecule has 0 bridgehead atoms. The number of unbranched alkanes of at least 4 members (excludes halogenated alkanes) is 5. The second-order valence-corrected chi connectivity index (χ2v) is 10.6. The average molecular weight is 442 g/mol. The van der Waals surface area contributed by atoms with Crippen molar-refractivity contribution in [3.63, 3.8) is 0 Å². The van der Waals surface area contributed by atoms with E-state index in [2.05, 4.69) is 6.92 Å². The van der Waals surface area contributed by atoms with Crippen LogP contribution in [0.15, 0.2) is 47.4 Å². The Morgan fingerprint density at radius 3 is 2.10 bits per heavy atom. The molecule has 2 aromatic rings. The van der Waals surface area contributed by atoms with Crippen LogP contribution < -0.4 is 0 Å². The van der Waals surface area contributed by atoms with Crippen molar-refractivity contribution in [3.8, 4) is 0 Å². The highest BCUT2D eigenvalue weighted by Gasteiger charge is 2.59. The summed E-state index contributed by atoms with van der Waals surface area (Å²) in [5, 5.41) is 0. The van der Waals surface area contributed by atoms with Gasteiger partial charge in [0.25, 0.3) is 0 Å². The smallest absolute Gasteiger partial charge is 0.244 e. The largest absolute Gasteiger partial charge is 0.298 e. The molecule has 1 heterocycles. The van der Waals surface area contributed by atoms with Crippen molar-refractivity contribution in [1.29, 1.82) is 0 Å². The van der Waals surface area contributed by atoms with Gasteiger partial charge in [-0.25, -0.2) is 8.42 Å². The van der Waals surface area contributed by atoms with Gasteiger partial charge in [-0.1, -0.05) is 87.1 Å². The molecule has 3 atom stereocenters. The Balaban J connectivity index is 1.82. The van der Waals surface area contributed by atoms with Crippen LogP contribution in [-0.2, 0) is 14.8 Å². The molecule has 0 amide bonds. The van der Waals surface area contributed by atoms with Crippen molar-refractivity contribution < 1.29 is 13.2 Å². The number of carbonyl (C=O) groups is 1. The van der Waals surface area contributed by atoms with E-state index in [1.165, 1.54) is 23.6 Å². The van der Waals surface area contributed by atoms with Crippen molar-refractivity contribution in [1.82, 2.24) is 4.31 Å². The minimum Gasteiger partial charge on any atom is -0.298 e. The Labute approximate surface area is 187 Å². The minimum absolute atomic E-state index is 0.0373. The van der Waals surface area contributed by atoms with Gasteiger partial charge in [-0.3, -0.25) is 4.79 Å². The molecular formula is C26H35NO3S. The summed E-state index contributed by atoms with van der Waals surface area (Å²) in [6, 6.07) is 12.3. The maximum Gasteiger partial charge on any atom is 0.244 e. The van der Waals surface area contributed by atoms with Crippen LogP contribution in [-0.4, -0.2) is 24.5 Å². The lowest BCUT2D eigenvalue weighted by atomic mass is 10.0. The molecule has 4 nitrogen and oxygen atoms in total. The highest BCUT2D eigenvalue weighted by molar-refractivity contribution is 7.89. The zero-order valence-electron chi connectivity index (χ0n) is 19.2. The monoisotopic (exact) mass is 441 g/mol. The maximum atomic E-state index is 13.7. The van der Waals surface area contributed by atoms with E-state index in [-0.39, 0.29) is 5.78 Å². The third kappa shape index (κ3) is 5.27. The SMILES string of the molecule is CCCCCCCCC(=O)[C@@H]1[C@H](c2ccccc2)N1S(=O)(=O)c1c(C)cc(C)cc1C. The number of ketones is 1. The number of sulfonamides is 1. The Hall–Kier alpha value is -1.98. The number of hydrogen-bond acceptors (Lipinski definition) is 3. The summed E-state index contributed by atoms with van der Waals surface area (Å²) in [5.74, 6) is 0.0373. The van der Waals surface area contributed by atoms with Gasteiger partial charge in [-0.2, -0.15) is 4.31 Å². The van der Waals surface area contributed by atoms with Crippen LogP contribution in [0.4, 0.5) is 0 Å². The van der Waals surface area contributed by atoms with E-state index in [9.17, 15) is 13.2 Å². The van der Waals surface area contributed by atoms with Gasteiger partial charge in [-0.05, 0) is 43.9 Å². The van der Waals surface area contributed by atoms with E-state index in [1.807, 2.05) is 63.2 Å². The second-order valence-electron chi connectivity index (χ2n) is 8.85. The van der Waals surface area contributed by atoms with Crippen molar-refractivity contribution in [3.05, 3.63) is 64.7 Å². The fraction of sp³-hybridized carbons (Fsp3) is 0.500. The highest BCUT2D eigenvalue weighted by Crippen LogP contribution is 2.49. The number of Topliss-reactive ketones (excluding diaryl/α,β-unsaturated/α-hetero) is 1. The van der Waals surface area contributed by atoms with E-state index in [4.69, 9.17) is 0 Å². The lowest BCUT2D eigenvalue weighted by molar-refractivity contribution is -0.119. The second kappa shape index (κ2) is 10.1. The molecule has 0 aromatic heterocycles. The Morgan fingerprint density at radius 2 is 1.48 bits per heavy atom. The molecule has 1 aliphatic heterocycles. The predicted octanol–water partition coefficient (Wildman–Crippen LogP) is 6.05. The van der Waals surface area contributed by atoms with Crippen molar-refractivity contribution in [2.45, 2.75) is 89.6 Å². The molecule has 0 N–H and O–H groups in total. The fourth-order valence-electron chi connectivity index (χ4n) is 4.71. The molecule has 1 unspecified atom stereocenters. The fourth-order valence-corrected chi connectivity index (χ4v) is 6.87. The van der Waals surface area contributed by atoms with E-state index in [0.29, 0.717) is 11.3 Å². The summed E-state index contributed by atoms with van der Waals surface area (Å²) < 4.78 is 28.8. The molecule has 168 valence electrons. The number of hydrogen-bond donors (Lipinski definition) is 0. The molecule has 3 rings (SSSR count). The van der Waals surface area contributed by atoms with Crippen molar-refractivity contribution >= 4 is 15.8 Å². The number of nitrogens with zero attached hydrogens (tertiary/aromatic N) is 1. The number of benzene rings is 2. The molecule has 0 aliphatic carbocycles. The van der Waals surface area contributed by atoms with E-state index >= 15 is 0 Å². The van der Waals surface area contributed by atoms with E-state index in [1.54, 1.807) is 0 Å². The lowest BCUT2D eigenvalue weighted by Gasteiger charge is -2.14. The van der Waals surface area contributed by atoms with Crippen molar-refractivity contribution in [2.75, 3.05) is 0 Å². The zero-order valence-corrected chi connectivity index (χ0v) is 20.0. The van der Waals surface area contributed by atoms with Gasteiger partial charge in [-0.15, -0.1) is 0 Å². The molecule has 2 aromatic carbocycles. The van der Waals surface area contributed by atoms with Gasteiger partial charge >= 0.3 is 0 Å². The van der Waals surface area contributed by atoms with Gasteiger partial charge in [0.2, 0.25) is 10.0 Å². The summed E-state index contributed by atoms with van der Waals surface area (Å²) in [7, 11) is -3.77. The zero-order chi connectivity index (χ0) is 22.6. The third-order valence-corrected chi connectivity index (χ3v) is 8.31. The molecular weight excluding hydrogens is 406 g/mol. The summed E-state index contributed by atoms with van der Waals surface area (Å²) in [6.45, 7) is 7.82. The predicted molar refractivity (Wildman–Crippen MR) is 126 cm³/mol. The van der Waals surface area contributed by atoms with Crippen LogP contribution >= 0.6 is 0 Å². The third-order valence-electron chi connectivity index (χ3n) is 6.15. The van der Waals surface area contributed by atoms with Gasteiger partial charge in [0.15, 0.2) is 5.78 Å². The number of carbonyl (C=O) groups excluding carboxylic acids is 1. The Morgan fingerprint density at radius 1 is 0.903 bits per heavy atom. The van der Waals surface area contributed by atoms with Crippen LogP contribution in [0.3, 0.4) is 0 Å². The van der Waals surface area contributed by atoms with Gasteiger partial charge in [0.05, 0.1) is 10.9 Å². The number of rotatable bonds is 11. The van der Waals surface area contributed by atoms with Gasteiger partial charge in [0.1, 0.15) is 6.04 Å². The van der Waals surface area contributed by atoms with Crippen LogP contribution in [0.2, 0.25) is 0 Å².